The second kappa shape index (κ2) is 21.1. The Balaban J connectivity index is 3.18. The molecule has 1 saturated carbocycles. The number of carbonyl (C=O) groups is 1. The number of unbranched alkanes of at least 4 members (excludes halogenated alkanes) is 3. The van der Waals surface area contributed by atoms with Gasteiger partial charge in [0.2, 0.25) is 5.91 Å². The minimum absolute atomic E-state index is 0.00967. The van der Waals surface area contributed by atoms with Gasteiger partial charge in [0.15, 0.2) is 0 Å². The van der Waals surface area contributed by atoms with Crippen LogP contribution in [0.4, 0.5) is 13.2 Å². The maximum atomic E-state index is 14.4. The number of amidine groups is 2. The molecule has 0 aromatic rings. The molecule has 0 aliphatic heterocycles. The van der Waals surface area contributed by atoms with Gasteiger partial charge in [-0.3, -0.25) is 4.79 Å². The van der Waals surface area contributed by atoms with Crippen molar-refractivity contribution in [1.29, 1.82) is 0 Å². The number of alkyl halides is 3. The smallest absolute Gasteiger partial charge is 0.388 e. The standard InChI is InChI=1S/C35H61F3N6O/c1-8-14-16-19-29(17-10-3)41-23-28(12-5)33(39)43-27(7)40-24-30(35(36,37)38)31(20-15-9-2)42-25-34(21-22-34)26-44(13-6)32(45)18-11-4/h20,23-24,29,41-42H,8-19,21-22,25-26H2,1-7H3,(H2,39,40,43)/b28-23-,30-24+,31-20-. The van der Waals surface area contributed by atoms with Crippen LogP contribution in [0.25, 0.3) is 0 Å². The van der Waals surface area contributed by atoms with Gasteiger partial charge in [-0.05, 0) is 58.8 Å². The zero-order valence-corrected chi connectivity index (χ0v) is 29.1. The lowest BCUT2D eigenvalue weighted by molar-refractivity contribution is -0.131. The lowest BCUT2D eigenvalue weighted by atomic mass is 10.0. The molecule has 0 heterocycles. The number of rotatable bonds is 22. The minimum atomic E-state index is -4.63. The van der Waals surface area contributed by atoms with Gasteiger partial charge >= 0.3 is 6.18 Å². The van der Waals surface area contributed by atoms with Gasteiger partial charge < -0.3 is 21.3 Å². The second-order valence-electron chi connectivity index (χ2n) is 12.3. The summed E-state index contributed by atoms with van der Waals surface area (Å²) in [6.45, 7) is 15.2. The molecule has 1 unspecified atom stereocenters. The lowest BCUT2D eigenvalue weighted by Crippen LogP contribution is -2.40. The van der Waals surface area contributed by atoms with Gasteiger partial charge in [0.05, 0.1) is 5.57 Å². The van der Waals surface area contributed by atoms with Crippen molar-refractivity contribution in [1.82, 2.24) is 15.5 Å². The average Bonchev–Trinajstić information content (AvgIpc) is 3.76. The summed E-state index contributed by atoms with van der Waals surface area (Å²) >= 11 is 0. The van der Waals surface area contributed by atoms with Gasteiger partial charge in [-0.25, -0.2) is 9.98 Å². The van der Waals surface area contributed by atoms with E-state index in [-0.39, 0.29) is 28.7 Å². The SMILES string of the molecule is CCC/C=C(NCC1(CN(CC)C(=O)CCC)CC1)/C(=C\N=C(C)N=C(N)/C(=C\NC(CCC)CCCCC)CC)C(F)(F)F. The average molecular weight is 639 g/mol. The molecule has 1 aliphatic rings. The van der Waals surface area contributed by atoms with E-state index in [0.717, 1.165) is 56.7 Å². The third-order valence-electron chi connectivity index (χ3n) is 8.23. The van der Waals surface area contributed by atoms with Crippen molar-refractivity contribution in [3.05, 3.63) is 35.3 Å². The summed E-state index contributed by atoms with van der Waals surface area (Å²) in [6, 6.07) is 0.348. The van der Waals surface area contributed by atoms with E-state index in [4.69, 9.17) is 5.73 Å². The number of allylic oxidation sites excluding steroid dienone is 2. The third kappa shape index (κ3) is 15.4. The molecular weight excluding hydrogens is 577 g/mol. The van der Waals surface area contributed by atoms with Crippen molar-refractivity contribution in [3.63, 3.8) is 0 Å². The van der Waals surface area contributed by atoms with E-state index in [1.165, 1.54) is 12.8 Å². The van der Waals surface area contributed by atoms with Gasteiger partial charge in [0.25, 0.3) is 0 Å². The molecule has 0 saturated heterocycles. The molecule has 4 N–H and O–H groups in total. The highest BCUT2D eigenvalue weighted by molar-refractivity contribution is 6.04. The van der Waals surface area contributed by atoms with E-state index in [2.05, 4.69) is 34.5 Å². The van der Waals surface area contributed by atoms with Crippen LogP contribution in [0.2, 0.25) is 0 Å². The topological polar surface area (TPSA) is 95.1 Å². The van der Waals surface area contributed by atoms with Crippen LogP contribution < -0.4 is 16.4 Å². The zero-order chi connectivity index (χ0) is 33.9. The number of aliphatic imine (C=N–C) groups is 2. The summed E-state index contributed by atoms with van der Waals surface area (Å²) in [6.07, 6.45) is 11.2. The molecule has 10 heteroatoms. The van der Waals surface area contributed by atoms with Crippen LogP contribution in [0.15, 0.2) is 45.3 Å². The van der Waals surface area contributed by atoms with E-state index < -0.39 is 11.7 Å². The predicted octanol–water partition coefficient (Wildman–Crippen LogP) is 8.54. The van der Waals surface area contributed by atoms with Gasteiger partial charge in [0.1, 0.15) is 11.7 Å². The normalized spacial score (nSPS) is 16.9. The number of carbonyl (C=O) groups excluding carboxylic acids is 1. The second-order valence-corrected chi connectivity index (χ2v) is 12.3. The van der Waals surface area contributed by atoms with Gasteiger partial charge in [0, 0.05) is 61.2 Å². The van der Waals surface area contributed by atoms with E-state index in [1.54, 1.807) is 13.0 Å². The number of nitrogens with two attached hydrogens (primary N) is 1. The largest absolute Gasteiger partial charge is 0.419 e. The summed E-state index contributed by atoms with van der Waals surface area (Å²) in [5, 5.41) is 6.59. The van der Waals surface area contributed by atoms with E-state index in [9.17, 15) is 18.0 Å². The molecule has 0 aromatic heterocycles. The number of hydrogen-bond donors (Lipinski definition) is 3. The van der Waals surface area contributed by atoms with Crippen LogP contribution in [-0.2, 0) is 4.79 Å². The first-order chi connectivity index (χ1) is 21.4. The molecule has 0 bridgehead atoms. The predicted molar refractivity (Wildman–Crippen MR) is 183 cm³/mol. The molecule has 1 fully saturated rings. The van der Waals surface area contributed by atoms with Crippen LogP contribution in [0.3, 0.4) is 0 Å². The van der Waals surface area contributed by atoms with Crippen LogP contribution in [0.5, 0.6) is 0 Å². The maximum absolute atomic E-state index is 14.4. The first-order valence-corrected chi connectivity index (χ1v) is 17.2. The lowest BCUT2D eigenvalue weighted by Gasteiger charge is -2.28. The summed E-state index contributed by atoms with van der Waals surface area (Å²) in [7, 11) is 0. The fraction of sp³-hybridized carbons (Fsp3) is 0.743. The Bertz CT molecular complexity index is 1040. The van der Waals surface area contributed by atoms with Crippen molar-refractivity contribution in [3.8, 4) is 0 Å². The minimum Gasteiger partial charge on any atom is -0.388 e. The molecule has 0 spiro atoms. The molecule has 0 radical (unpaired) electrons. The van der Waals surface area contributed by atoms with E-state index in [1.807, 2.05) is 38.8 Å². The van der Waals surface area contributed by atoms with Crippen molar-refractivity contribution < 1.29 is 18.0 Å². The molecule has 1 rings (SSSR count). The number of nitrogens with zero attached hydrogens (tertiary/aromatic N) is 3. The Kier molecular flexibility index (Phi) is 18.9. The number of amides is 1. The monoisotopic (exact) mass is 638 g/mol. The first kappa shape index (κ1) is 40.2. The van der Waals surface area contributed by atoms with Crippen molar-refractivity contribution in [2.75, 3.05) is 19.6 Å². The fourth-order valence-corrected chi connectivity index (χ4v) is 5.17. The van der Waals surface area contributed by atoms with Crippen LogP contribution in [0.1, 0.15) is 132 Å². The fourth-order valence-electron chi connectivity index (χ4n) is 5.17. The number of hydrogen-bond acceptors (Lipinski definition) is 4. The molecular formula is C35H61F3N6O. The van der Waals surface area contributed by atoms with Crippen molar-refractivity contribution >= 4 is 17.6 Å². The molecule has 7 nitrogen and oxygen atoms in total. The summed E-state index contributed by atoms with van der Waals surface area (Å²) in [5.41, 5.74) is 6.02. The highest BCUT2D eigenvalue weighted by Crippen LogP contribution is 2.46. The highest BCUT2D eigenvalue weighted by atomic mass is 19.4. The van der Waals surface area contributed by atoms with Gasteiger partial charge in [-0.15, -0.1) is 0 Å². The van der Waals surface area contributed by atoms with Gasteiger partial charge in [-0.1, -0.05) is 72.8 Å². The molecule has 1 aliphatic carbocycles. The van der Waals surface area contributed by atoms with Gasteiger partial charge in [-0.2, -0.15) is 13.2 Å². The van der Waals surface area contributed by atoms with E-state index >= 15 is 0 Å². The Morgan fingerprint density at radius 1 is 1.02 bits per heavy atom. The first-order valence-electron chi connectivity index (χ1n) is 17.2. The van der Waals surface area contributed by atoms with Crippen LogP contribution in [-0.4, -0.2) is 54.3 Å². The Morgan fingerprint density at radius 2 is 1.73 bits per heavy atom. The molecule has 258 valence electrons. The molecule has 1 atom stereocenters. The van der Waals surface area contributed by atoms with Crippen LogP contribution >= 0.6 is 0 Å². The summed E-state index contributed by atoms with van der Waals surface area (Å²) < 4.78 is 43.2. The molecule has 1 amide bonds. The van der Waals surface area contributed by atoms with Crippen molar-refractivity contribution in [2.45, 2.75) is 144 Å². The highest BCUT2D eigenvalue weighted by Gasteiger charge is 2.45. The Morgan fingerprint density at radius 3 is 2.27 bits per heavy atom. The van der Waals surface area contributed by atoms with Crippen molar-refractivity contribution in [2.24, 2.45) is 21.1 Å². The number of nitrogens with one attached hydrogen (secondary N) is 2. The number of halogens is 3. The molecule has 0 aromatic carbocycles. The van der Waals surface area contributed by atoms with Crippen LogP contribution in [0, 0.1) is 5.41 Å². The maximum Gasteiger partial charge on any atom is 0.419 e. The quantitative estimate of drug-likeness (QED) is 0.0479. The Labute approximate surface area is 271 Å². The molecule has 45 heavy (non-hydrogen) atoms. The summed E-state index contributed by atoms with van der Waals surface area (Å²) in [4.78, 5) is 22.8. The third-order valence-corrected chi connectivity index (χ3v) is 8.23. The Hall–Kier alpha value is -2.78. The summed E-state index contributed by atoms with van der Waals surface area (Å²) in [5.74, 6) is 0.479. The van der Waals surface area contributed by atoms with E-state index in [0.29, 0.717) is 51.4 Å². The zero-order valence-electron chi connectivity index (χ0n) is 29.1.